The standard InChI is InChI=1S/C9H16N2O.ClH/c1-3-5-8(6-4-2)7-9(12)11-10;/h3-4,8H,1-2,5-7,10H2,(H,11,12);1H. The van der Waals surface area contributed by atoms with Crippen LogP contribution in [0.3, 0.4) is 0 Å². The van der Waals surface area contributed by atoms with Crippen molar-refractivity contribution in [3.05, 3.63) is 25.3 Å². The molecule has 0 aliphatic carbocycles. The molecule has 0 saturated heterocycles. The van der Waals surface area contributed by atoms with Crippen molar-refractivity contribution in [3.63, 3.8) is 0 Å². The number of rotatable bonds is 6. The van der Waals surface area contributed by atoms with Crippen molar-refractivity contribution in [2.45, 2.75) is 19.3 Å². The number of carbonyl (C=O) groups is 1. The van der Waals surface area contributed by atoms with Crippen LogP contribution < -0.4 is 23.7 Å². The number of nitrogens with one attached hydrogen (secondary N) is 1. The van der Waals surface area contributed by atoms with Gasteiger partial charge in [0.2, 0.25) is 0 Å². The molecule has 0 aliphatic rings. The Bertz CT molecular complexity index is 161. The van der Waals surface area contributed by atoms with E-state index in [-0.39, 0.29) is 18.3 Å². The Morgan fingerprint density at radius 3 is 2.15 bits per heavy atom. The van der Waals surface area contributed by atoms with E-state index in [1.165, 1.54) is 0 Å². The zero-order chi connectivity index (χ0) is 9.40. The summed E-state index contributed by atoms with van der Waals surface area (Å²) in [6.45, 7) is 7.27. The quantitative estimate of drug-likeness (QED) is 0.363. The van der Waals surface area contributed by atoms with Crippen LogP contribution in [0.5, 0.6) is 0 Å². The Balaban J connectivity index is 0. The minimum absolute atomic E-state index is 0. The lowest BCUT2D eigenvalue weighted by Gasteiger charge is -2.09. The highest BCUT2D eigenvalue weighted by Gasteiger charge is 2.10. The first-order chi connectivity index (χ1) is 5.74. The Morgan fingerprint density at radius 2 is 1.85 bits per heavy atom. The van der Waals surface area contributed by atoms with Gasteiger partial charge in [0.1, 0.15) is 0 Å². The fourth-order valence-corrected chi connectivity index (χ4v) is 1.07. The van der Waals surface area contributed by atoms with Gasteiger partial charge < -0.3 is 12.4 Å². The summed E-state index contributed by atoms with van der Waals surface area (Å²) in [4.78, 5) is 10.9. The van der Waals surface area contributed by atoms with Crippen LogP contribution in [0.25, 0.3) is 0 Å². The van der Waals surface area contributed by atoms with Crippen molar-refractivity contribution in [2.24, 2.45) is 5.92 Å². The van der Waals surface area contributed by atoms with Crippen LogP contribution in [0.15, 0.2) is 25.3 Å². The van der Waals surface area contributed by atoms with Crippen LogP contribution in [-0.2, 0) is 4.79 Å². The van der Waals surface area contributed by atoms with E-state index in [2.05, 4.69) is 24.4 Å². The minimum Gasteiger partial charge on any atom is -1.00 e. The second-order valence-electron chi connectivity index (χ2n) is 2.72. The molecule has 4 N–H and O–H groups in total. The van der Waals surface area contributed by atoms with Gasteiger partial charge in [0.05, 0.1) is 0 Å². The second kappa shape index (κ2) is 9.29. The van der Waals surface area contributed by atoms with Crippen LogP contribution in [0.2, 0.25) is 0 Å². The highest BCUT2D eigenvalue weighted by Crippen LogP contribution is 2.13. The van der Waals surface area contributed by atoms with Crippen LogP contribution in [0.4, 0.5) is 0 Å². The molecule has 0 fully saturated rings. The fourth-order valence-electron chi connectivity index (χ4n) is 1.07. The average molecular weight is 205 g/mol. The van der Waals surface area contributed by atoms with Crippen molar-refractivity contribution in [1.82, 2.24) is 5.43 Å². The molecule has 0 spiro atoms. The van der Waals surface area contributed by atoms with Crippen molar-refractivity contribution in [1.29, 1.82) is 0 Å². The lowest BCUT2D eigenvalue weighted by molar-refractivity contribution is -0.427. The van der Waals surface area contributed by atoms with Crippen LogP contribution in [0.1, 0.15) is 19.3 Å². The third-order valence-corrected chi connectivity index (χ3v) is 1.67. The van der Waals surface area contributed by atoms with Crippen LogP contribution in [0, 0.1) is 5.92 Å². The van der Waals surface area contributed by atoms with Gasteiger partial charge in [0.25, 0.3) is 5.91 Å². The second-order valence-corrected chi connectivity index (χ2v) is 2.72. The van der Waals surface area contributed by atoms with Crippen molar-refractivity contribution in [2.75, 3.05) is 0 Å². The van der Waals surface area contributed by atoms with Crippen molar-refractivity contribution >= 4 is 5.91 Å². The minimum atomic E-state index is -0.0244. The van der Waals surface area contributed by atoms with E-state index in [1.54, 1.807) is 0 Å². The summed E-state index contributed by atoms with van der Waals surface area (Å²) in [6.07, 6.45) is 5.84. The van der Waals surface area contributed by atoms with E-state index in [0.29, 0.717) is 12.3 Å². The molecule has 0 radical (unpaired) electrons. The molecule has 1 amide bonds. The Kier molecular flexibility index (Phi) is 10.5. The summed E-state index contributed by atoms with van der Waals surface area (Å²) in [5.74, 6) is 3.60. The molecule has 76 valence electrons. The van der Waals surface area contributed by atoms with E-state index in [0.717, 1.165) is 12.8 Å². The van der Waals surface area contributed by atoms with Crippen LogP contribution >= 0.6 is 0 Å². The zero-order valence-corrected chi connectivity index (χ0v) is 8.52. The van der Waals surface area contributed by atoms with Gasteiger partial charge in [0.15, 0.2) is 0 Å². The largest absolute Gasteiger partial charge is 1.00 e. The fraction of sp³-hybridized carbons (Fsp3) is 0.444. The molecule has 4 heteroatoms. The maximum absolute atomic E-state index is 10.9. The maximum Gasteiger partial charge on any atom is 0.265 e. The monoisotopic (exact) mass is 204 g/mol. The third kappa shape index (κ3) is 7.56. The number of quaternary nitrogens is 1. The predicted octanol–water partition coefficient (Wildman–Crippen LogP) is -2.58. The summed E-state index contributed by atoms with van der Waals surface area (Å²) in [6, 6.07) is 0. The van der Waals surface area contributed by atoms with Crippen molar-refractivity contribution in [3.8, 4) is 0 Å². The van der Waals surface area contributed by atoms with Gasteiger partial charge in [-0.1, -0.05) is 12.2 Å². The normalized spacial score (nSPS) is 8.77. The molecule has 0 aromatic carbocycles. The summed E-state index contributed by atoms with van der Waals surface area (Å²) >= 11 is 0. The van der Waals surface area contributed by atoms with Gasteiger partial charge in [-0.2, -0.15) is 0 Å². The molecule has 0 unspecified atom stereocenters. The highest BCUT2D eigenvalue weighted by molar-refractivity contribution is 5.74. The SMILES string of the molecule is C=CCC(CC=C)CC(=O)N[NH3+].[Cl-]. The first kappa shape index (κ1) is 14.7. The van der Waals surface area contributed by atoms with Gasteiger partial charge in [-0.15, -0.1) is 13.2 Å². The third-order valence-electron chi connectivity index (χ3n) is 1.67. The smallest absolute Gasteiger partial charge is 0.265 e. The Hall–Kier alpha value is -0.800. The maximum atomic E-state index is 10.9. The first-order valence-electron chi connectivity index (χ1n) is 4.02. The summed E-state index contributed by atoms with van der Waals surface area (Å²) in [5, 5.41) is 0. The molecule has 0 aliphatic heterocycles. The molecular weight excluding hydrogens is 188 g/mol. The van der Waals surface area contributed by atoms with Crippen molar-refractivity contribution < 1.29 is 23.0 Å². The van der Waals surface area contributed by atoms with E-state index in [4.69, 9.17) is 0 Å². The molecule has 0 aromatic rings. The van der Waals surface area contributed by atoms with E-state index in [9.17, 15) is 4.79 Å². The molecule has 0 saturated carbocycles. The number of allylic oxidation sites excluding steroid dienone is 2. The molecule has 13 heavy (non-hydrogen) atoms. The lowest BCUT2D eigenvalue weighted by Crippen LogP contribution is -3.00. The number of hydrogen-bond donors (Lipinski definition) is 2. The summed E-state index contributed by atoms with van der Waals surface area (Å²) in [7, 11) is 0. The molecule has 0 rings (SSSR count). The summed E-state index contributed by atoms with van der Waals surface area (Å²) < 4.78 is 0. The summed E-state index contributed by atoms with van der Waals surface area (Å²) in [5.41, 5.74) is 2.35. The zero-order valence-electron chi connectivity index (χ0n) is 7.76. The van der Waals surface area contributed by atoms with Crippen LogP contribution in [-0.4, -0.2) is 5.91 Å². The van der Waals surface area contributed by atoms with E-state index < -0.39 is 0 Å². The average Bonchev–Trinajstić information content (AvgIpc) is 2.05. The van der Waals surface area contributed by atoms with Gasteiger partial charge in [0, 0.05) is 6.42 Å². The molecule has 0 atom stereocenters. The Labute approximate surface area is 85.5 Å². The van der Waals surface area contributed by atoms with E-state index >= 15 is 0 Å². The predicted molar refractivity (Wildman–Crippen MR) is 48.8 cm³/mol. The molecular formula is C9H17ClN2O. The van der Waals surface area contributed by atoms with Gasteiger partial charge in [-0.25, -0.2) is 5.43 Å². The topological polar surface area (TPSA) is 56.7 Å². The number of carbonyl (C=O) groups excluding carboxylic acids is 1. The number of amides is 1. The number of halogens is 1. The highest BCUT2D eigenvalue weighted by atomic mass is 35.5. The molecule has 0 aromatic heterocycles. The number of hydrogen-bond acceptors (Lipinski definition) is 1. The molecule has 0 bridgehead atoms. The lowest BCUT2D eigenvalue weighted by atomic mass is 9.97. The molecule has 3 nitrogen and oxygen atoms in total. The van der Waals surface area contributed by atoms with Gasteiger partial charge in [-0.05, 0) is 18.8 Å². The van der Waals surface area contributed by atoms with Gasteiger partial charge in [-0.3, -0.25) is 10.6 Å². The van der Waals surface area contributed by atoms with Gasteiger partial charge >= 0.3 is 0 Å². The molecule has 0 heterocycles. The van der Waals surface area contributed by atoms with E-state index in [1.807, 2.05) is 12.2 Å². The first-order valence-corrected chi connectivity index (χ1v) is 4.02. The Morgan fingerprint density at radius 1 is 1.38 bits per heavy atom.